The summed E-state index contributed by atoms with van der Waals surface area (Å²) in [6.07, 6.45) is 4.69. The maximum Gasteiger partial charge on any atom is 0.407 e. The Bertz CT molecular complexity index is 1020. The molecule has 0 unspecified atom stereocenters. The first-order valence-electron chi connectivity index (χ1n) is 13.7. The van der Waals surface area contributed by atoms with Gasteiger partial charge in [-0.05, 0) is 74.3 Å². The molecule has 0 saturated heterocycles. The number of aliphatic hydroxyl groups excluding tert-OH is 1. The minimum Gasteiger partial charge on any atom is -0.444 e. The van der Waals surface area contributed by atoms with Crippen molar-refractivity contribution in [3.63, 3.8) is 0 Å². The van der Waals surface area contributed by atoms with Crippen LogP contribution < -0.4 is 16.4 Å². The second-order valence-electron chi connectivity index (χ2n) is 12.6. The summed E-state index contributed by atoms with van der Waals surface area (Å²) in [6, 6.07) is 15.9. The highest BCUT2D eigenvalue weighted by Gasteiger charge is 2.36. The maximum atomic E-state index is 12.7. The summed E-state index contributed by atoms with van der Waals surface area (Å²) in [6.45, 7) is 12.6. The first kappa shape index (κ1) is 29.0. The lowest BCUT2D eigenvalue weighted by atomic mass is 9.74. The van der Waals surface area contributed by atoms with E-state index < -0.39 is 23.8 Å². The summed E-state index contributed by atoms with van der Waals surface area (Å²) >= 11 is 0. The number of ether oxygens (including phenoxy) is 1. The van der Waals surface area contributed by atoms with Crippen molar-refractivity contribution in [3.05, 3.63) is 65.2 Å². The molecule has 204 valence electrons. The van der Waals surface area contributed by atoms with Crippen LogP contribution in [0.15, 0.2) is 48.5 Å². The molecule has 0 aromatic heterocycles. The Balaban J connectivity index is 1.81. The molecule has 2 aromatic rings. The molecule has 1 aliphatic rings. The van der Waals surface area contributed by atoms with Crippen LogP contribution >= 0.6 is 0 Å². The van der Waals surface area contributed by atoms with Crippen LogP contribution in [-0.4, -0.2) is 35.5 Å². The Hall–Kier alpha value is -2.57. The van der Waals surface area contributed by atoms with Gasteiger partial charge in [0, 0.05) is 17.8 Å². The van der Waals surface area contributed by atoms with Gasteiger partial charge in [0.25, 0.3) is 0 Å². The molecule has 2 aromatic carbocycles. The molecular weight excluding hydrogens is 462 g/mol. The molecule has 6 heteroatoms. The Morgan fingerprint density at radius 3 is 2.27 bits per heavy atom. The number of aliphatic hydroxyl groups is 1. The summed E-state index contributed by atoms with van der Waals surface area (Å²) in [5.41, 5.74) is 9.36. The lowest BCUT2D eigenvalue weighted by Gasteiger charge is -2.41. The van der Waals surface area contributed by atoms with E-state index in [4.69, 9.17) is 10.5 Å². The number of nitrogens with two attached hydrogens (primary N) is 1. The largest absolute Gasteiger partial charge is 0.444 e. The number of hydrogen-bond donors (Lipinski definition) is 4. The van der Waals surface area contributed by atoms with Gasteiger partial charge < -0.3 is 26.2 Å². The summed E-state index contributed by atoms with van der Waals surface area (Å²) in [5, 5.41) is 18.1. The fourth-order valence-electron chi connectivity index (χ4n) is 5.10. The number of benzene rings is 2. The van der Waals surface area contributed by atoms with Crippen LogP contribution in [0.5, 0.6) is 0 Å². The van der Waals surface area contributed by atoms with Crippen LogP contribution in [-0.2, 0) is 22.1 Å². The van der Waals surface area contributed by atoms with Gasteiger partial charge in [0.1, 0.15) is 5.60 Å². The van der Waals surface area contributed by atoms with Crippen LogP contribution in [0, 0.1) is 0 Å². The Labute approximate surface area is 223 Å². The molecule has 37 heavy (non-hydrogen) atoms. The molecule has 0 aliphatic heterocycles. The number of anilines is 1. The van der Waals surface area contributed by atoms with Gasteiger partial charge in [0.2, 0.25) is 0 Å². The number of alkyl carbamates (subject to hydrolysis) is 1. The molecule has 0 heterocycles. The van der Waals surface area contributed by atoms with Crippen LogP contribution in [0.3, 0.4) is 0 Å². The SMILES string of the molecule is CC(C)(C)OC(=O)N[C@@H](Cc1ccc(N)cc1)[C@H](O)CNC1(c2cccc(C(C)(C)C)c2)CCCCC1. The number of carbonyl (C=O) groups excluding carboxylic acids is 1. The van der Waals surface area contributed by atoms with Crippen molar-refractivity contribution in [2.45, 2.75) is 109 Å². The van der Waals surface area contributed by atoms with E-state index in [-0.39, 0.29) is 11.0 Å². The summed E-state index contributed by atoms with van der Waals surface area (Å²) in [5.74, 6) is 0. The molecule has 0 radical (unpaired) electrons. The van der Waals surface area contributed by atoms with Crippen LogP contribution in [0.2, 0.25) is 0 Å². The third-order valence-corrected chi connectivity index (χ3v) is 7.24. The topological polar surface area (TPSA) is 96.6 Å². The van der Waals surface area contributed by atoms with Gasteiger partial charge in [-0.1, -0.05) is 76.4 Å². The predicted octanol–water partition coefficient (Wildman–Crippen LogP) is 5.81. The molecule has 1 fully saturated rings. The highest BCUT2D eigenvalue weighted by Crippen LogP contribution is 2.38. The Morgan fingerprint density at radius 1 is 1.03 bits per heavy atom. The zero-order valence-electron chi connectivity index (χ0n) is 23.6. The summed E-state index contributed by atoms with van der Waals surface area (Å²) < 4.78 is 5.50. The Kier molecular flexibility index (Phi) is 9.30. The smallest absolute Gasteiger partial charge is 0.407 e. The summed E-state index contributed by atoms with van der Waals surface area (Å²) in [7, 11) is 0. The molecule has 6 nitrogen and oxygen atoms in total. The van der Waals surface area contributed by atoms with Crippen LogP contribution in [0.25, 0.3) is 0 Å². The average Bonchev–Trinajstić information content (AvgIpc) is 2.82. The van der Waals surface area contributed by atoms with Gasteiger partial charge in [0.05, 0.1) is 12.1 Å². The molecule has 1 saturated carbocycles. The predicted molar refractivity (Wildman–Crippen MR) is 152 cm³/mol. The van der Waals surface area contributed by atoms with E-state index in [0.29, 0.717) is 18.7 Å². The van der Waals surface area contributed by atoms with Crippen molar-refractivity contribution in [2.24, 2.45) is 0 Å². The van der Waals surface area contributed by atoms with Crippen molar-refractivity contribution < 1.29 is 14.6 Å². The van der Waals surface area contributed by atoms with E-state index in [1.165, 1.54) is 17.5 Å². The molecule has 1 amide bonds. The fraction of sp³-hybridized carbons (Fsp3) is 0.581. The number of rotatable bonds is 8. The van der Waals surface area contributed by atoms with Gasteiger partial charge >= 0.3 is 6.09 Å². The van der Waals surface area contributed by atoms with Gasteiger partial charge in [-0.25, -0.2) is 4.79 Å². The minimum absolute atomic E-state index is 0.0624. The maximum absolute atomic E-state index is 12.7. The molecule has 2 atom stereocenters. The van der Waals surface area contributed by atoms with E-state index in [0.717, 1.165) is 31.2 Å². The number of nitrogens with one attached hydrogen (secondary N) is 2. The van der Waals surface area contributed by atoms with Crippen molar-refractivity contribution in [1.82, 2.24) is 10.6 Å². The minimum atomic E-state index is -0.810. The normalized spacial score (nSPS) is 17.6. The first-order chi connectivity index (χ1) is 17.3. The first-order valence-corrected chi connectivity index (χ1v) is 13.7. The monoisotopic (exact) mass is 509 g/mol. The van der Waals surface area contributed by atoms with Crippen LogP contribution in [0.1, 0.15) is 90.3 Å². The molecule has 0 spiro atoms. The zero-order valence-corrected chi connectivity index (χ0v) is 23.6. The number of amides is 1. The standard InChI is InChI=1S/C31H47N3O3/c1-29(2,3)23-11-10-12-24(20-23)31(17-8-7-9-18-31)33-21-27(35)26(34-28(36)37-30(4,5)6)19-22-13-15-25(32)16-14-22/h10-16,20,26-27,33,35H,7-9,17-19,21,32H2,1-6H3,(H,34,36)/t26-,27+/m0/s1. The number of carbonyl (C=O) groups is 1. The fourth-order valence-corrected chi connectivity index (χ4v) is 5.10. The Morgan fingerprint density at radius 2 is 1.68 bits per heavy atom. The van der Waals surface area contributed by atoms with Crippen molar-refractivity contribution >= 4 is 11.8 Å². The van der Waals surface area contributed by atoms with Crippen molar-refractivity contribution in [2.75, 3.05) is 12.3 Å². The molecule has 5 N–H and O–H groups in total. The van der Waals surface area contributed by atoms with Crippen molar-refractivity contribution in [1.29, 1.82) is 0 Å². The third-order valence-electron chi connectivity index (χ3n) is 7.24. The van der Waals surface area contributed by atoms with E-state index in [9.17, 15) is 9.90 Å². The second kappa shape index (κ2) is 11.9. The van der Waals surface area contributed by atoms with Crippen LogP contribution in [0.4, 0.5) is 10.5 Å². The average molecular weight is 510 g/mol. The summed E-state index contributed by atoms with van der Waals surface area (Å²) in [4.78, 5) is 12.7. The lowest BCUT2D eigenvalue weighted by Crippen LogP contribution is -2.53. The molecular formula is C31H47N3O3. The molecule has 3 rings (SSSR count). The van der Waals surface area contributed by atoms with Crippen molar-refractivity contribution in [3.8, 4) is 0 Å². The molecule has 1 aliphatic carbocycles. The molecule has 0 bridgehead atoms. The number of nitrogen functional groups attached to an aromatic ring is 1. The van der Waals surface area contributed by atoms with Gasteiger partial charge in [-0.3, -0.25) is 0 Å². The van der Waals surface area contributed by atoms with Gasteiger partial charge in [0.15, 0.2) is 0 Å². The highest BCUT2D eigenvalue weighted by molar-refractivity contribution is 5.68. The number of hydrogen-bond acceptors (Lipinski definition) is 5. The quantitative estimate of drug-likeness (QED) is 0.337. The second-order valence-corrected chi connectivity index (χ2v) is 12.6. The lowest BCUT2D eigenvalue weighted by molar-refractivity contribution is 0.0408. The highest BCUT2D eigenvalue weighted by atomic mass is 16.6. The zero-order chi connectivity index (χ0) is 27.3. The van der Waals surface area contributed by atoms with Gasteiger partial charge in [-0.2, -0.15) is 0 Å². The van der Waals surface area contributed by atoms with E-state index in [1.54, 1.807) is 0 Å². The van der Waals surface area contributed by atoms with E-state index in [2.05, 4.69) is 55.7 Å². The van der Waals surface area contributed by atoms with Gasteiger partial charge in [-0.15, -0.1) is 0 Å². The van der Waals surface area contributed by atoms with E-state index >= 15 is 0 Å². The van der Waals surface area contributed by atoms with E-state index in [1.807, 2.05) is 45.0 Å². The third kappa shape index (κ3) is 8.47.